The topological polar surface area (TPSA) is 25.4 Å². The van der Waals surface area contributed by atoms with Crippen LogP contribution >= 0.6 is 11.3 Å². The van der Waals surface area contributed by atoms with Crippen molar-refractivity contribution in [1.29, 1.82) is 0 Å². The molecule has 1 aromatic heterocycles. The van der Waals surface area contributed by atoms with E-state index in [1.54, 1.807) is 11.3 Å². The highest BCUT2D eigenvalue weighted by molar-refractivity contribution is 7.18. The standard InChI is InChI=1S/C24H26N2OS/c1-3-4-8-18-9-7-10-19(17-18)23(27-20-13-15-26(2)16-14-20)24-25-21-11-5-6-12-22(21)28-24/h5-7,9-12,17,20,23H,3,13-16H2,1-2H3. The Kier molecular flexibility index (Phi) is 6.07. The van der Waals surface area contributed by atoms with Gasteiger partial charge in [0.05, 0.1) is 16.3 Å². The van der Waals surface area contributed by atoms with Crippen LogP contribution in [0.1, 0.15) is 48.4 Å². The van der Waals surface area contributed by atoms with Gasteiger partial charge < -0.3 is 9.64 Å². The summed E-state index contributed by atoms with van der Waals surface area (Å²) in [4.78, 5) is 7.28. The van der Waals surface area contributed by atoms with E-state index in [0.717, 1.165) is 54.0 Å². The molecule has 1 fully saturated rings. The van der Waals surface area contributed by atoms with Crippen LogP contribution in [0.3, 0.4) is 0 Å². The lowest BCUT2D eigenvalue weighted by Gasteiger charge is -2.31. The molecule has 0 amide bonds. The van der Waals surface area contributed by atoms with Crippen molar-refractivity contribution in [2.75, 3.05) is 20.1 Å². The molecule has 1 atom stereocenters. The van der Waals surface area contributed by atoms with Crippen molar-refractivity contribution in [1.82, 2.24) is 9.88 Å². The van der Waals surface area contributed by atoms with Gasteiger partial charge in [-0.05, 0) is 49.7 Å². The van der Waals surface area contributed by atoms with Crippen molar-refractivity contribution in [2.24, 2.45) is 0 Å². The zero-order valence-electron chi connectivity index (χ0n) is 16.5. The van der Waals surface area contributed by atoms with Crippen molar-refractivity contribution in [2.45, 2.75) is 38.4 Å². The Morgan fingerprint density at radius 3 is 2.79 bits per heavy atom. The monoisotopic (exact) mass is 390 g/mol. The summed E-state index contributed by atoms with van der Waals surface area (Å²) in [6, 6.07) is 16.8. The summed E-state index contributed by atoms with van der Waals surface area (Å²) in [7, 11) is 2.18. The van der Waals surface area contributed by atoms with Crippen LogP contribution in [0.2, 0.25) is 0 Å². The smallest absolute Gasteiger partial charge is 0.134 e. The number of benzene rings is 2. The average Bonchev–Trinajstić information content (AvgIpc) is 3.16. The number of nitrogens with zero attached hydrogens (tertiary/aromatic N) is 2. The predicted molar refractivity (Wildman–Crippen MR) is 117 cm³/mol. The lowest BCUT2D eigenvalue weighted by molar-refractivity contribution is -0.0234. The molecular formula is C24H26N2OS. The molecule has 0 bridgehead atoms. The number of hydrogen-bond donors (Lipinski definition) is 0. The minimum Gasteiger partial charge on any atom is -0.363 e. The number of piperidine rings is 1. The Labute approximate surface area is 171 Å². The Balaban J connectivity index is 1.68. The molecule has 0 aliphatic carbocycles. The van der Waals surface area contributed by atoms with E-state index in [9.17, 15) is 0 Å². The van der Waals surface area contributed by atoms with Gasteiger partial charge in [0.25, 0.3) is 0 Å². The lowest BCUT2D eigenvalue weighted by atomic mass is 10.0. The minimum atomic E-state index is -0.144. The molecule has 28 heavy (non-hydrogen) atoms. The summed E-state index contributed by atoms with van der Waals surface area (Å²) in [5, 5.41) is 1.03. The second-order valence-corrected chi connectivity index (χ2v) is 8.38. The molecule has 0 N–H and O–H groups in total. The van der Waals surface area contributed by atoms with E-state index < -0.39 is 0 Å². The number of aromatic nitrogens is 1. The fraction of sp³-hybridized carbons (Fsp3) is 0.375. The van der Waals surface area contributed by atoms with Gasteiger partial charge in [-0.15, -0.1) is 11.3 Å². The van der Waals surface area contributed by atoms with Gasteiger partial charge in [-0.25, -0.2) is 4.98 Å². The van der Waals surface area contributed by atoms with Gasteiger partial charge in [-0.3, -0.25) is 0 Å². The van der Waals surface area contributed by atoms with Gasteiger partial charge in [-0.2, -0.15) is 0 Å². The molecule has 1 unspecified atom stereocenters. The Hall–Kier alpha value is -2.19. The van der Waals surface area contributed by atoms with Crippen LogP contribution < -0.4 is 0 Å². The molecule has 3 aromatic rings. The third-order valence-corrected chi connectivity index (χ3v) is 6.21. The van der Waals surface area contributed by atoms with Crippen molar-refractivity contribution in [3.8, 4) is 11.8 Å². The lowest BCUT2D eigenvalue weighted by Crippen LogP contribution is -2.35. The summed E-state index contributed by atoms with van der Waals surface area (Å²) < 4.78 is 7.88. The van der Waals surface area contributed by atoms with E-state index >= 15 is 0 Å². The molecule has 1 aliphatic heterocycles. The first-order valence-corrected chi connectivity index (χ1v) is 10.8. The van der Waals surface area contributed by atoms with Crippen LogP contribution in [0.4, 0.5) is 0 Å². The third-order valence-electron chi connectivity index (χ3n) is 5.13. The first kappa shape index (κ1) is 19.1. The second-order valence-electron chi connectivity index (χ2n) is 7.32. The summed E-state index contributed by atoms with van der Waals surface area (Å²) in [6.45, 7) is 4.24. The maximum atomic E-state index is 6.67. The van der Waals surface area contributed by atoms with Gasteiger partial charge in [0, 0.05) is 25.1 Å². The number of hydrogen-bond acceptors (Lipinski definition) is 4. The third kappa shape index (κ3) is 4.44. The number of likely N-dealkylation sites (tertiary alicyclic amines) is 1. The first-order chi connectivity index (χ1) is 13.7. The quantitative estimate of drug-likeness (QED) is 0.568. The molecule has 0 radical (unpaired) electrons. The van der Waals surface area contributed by atoms with Crippen LogP contribution in [0.15, 0.2) is 48.5 Å². The molecular weight excluding hydrogens is 364 g/mol. The molecule has 0 saturated carbocycles. The zero-order valence-corrected chi connectivity index (χ0v) is 17.3. The number of ether oxygens (including phenoxy) is 1. The molecule has 3 nitrogen and oxygen atoms in total. The number of thiazole rings is 1. The summed E-state index contributed by atoms with van der Waals surface area (Å²) >= 11 is 1.73. The summed E-state index contributed by atoms with van der Waals surface area (Å²) in [6.07, 6.45) is 3.10. The molecule has 4 heteroatoms. The number of rotatable bonds is 4. The van der Waals surface area contributed by atoms with Crippen molar-refractivity contribution < 1.29 is 4.74 Å². The largest absolute Gasteiger partial charge is 0.363 e. The SMILES string of the molecule is CCC#Cc1cccc(C(OC2CCN(C)CC2)c2nc3ccccc3s2)c1. The predicted octanol–water partition coefficient (Wildman–Crippen LogP) is 5.26. The molecule has 2 heterocycles. The minimum absolute atomic E-state index is 0.144. The van der Waals surface area contributed by atoms with Crippen molar-refractivity contribution in [3.05, 3.63) is 64.7 Å². The molecule has 2 aromatic carbocycles. The number of fused-ring (bicyclic) bond motifs is 1. The first-order valence-electron chi connectivity index (χ1n) is 10.0. The van der Waals surface area contributed by atoms with Crippen LogP contribution in [0.25, 0.3) is 10.2 Å². The average molecular weight is 391 g/mol. The Morgan fingerprint density at radius 2 is 2.00 bits per heavy atom. The maximum absolute atomic E-state index is 6.67. The molecule has 4 rings (SSSR count). The molecule has 1 aliphatic rings. The van der Waals surface area contributed by atoms with Crippen molar-refractivity contribution in [3.63, 3.8) is 0 Å². The van der Waals surface area contributed by atoms with Gasteiger partial charge in [-0.1, -0.05) is 43.0 Å². The van der Waals surface area contributed by atoms with E-state index in [-0.39, 0.29) is 12.2 Å². The summed E-state index contributed by atoms with van der Waals surface area (Å²) in [5.41, 5.74) is 3.22. The molecule has 144 valence electrons. The highest BCUT2D eigenvalue weighted by Gasteiger charge is 2.26. The van der Waals surface area contributed by atoms with Gasteiger partial charge >= 0.3 is 0 Å². The Morgan fingerprint density at radius 1 is 1.18 bits per heavy atom. The maximum Gasteiger partial charge on any atom is 0.134 e. The fourth-order valence-electron chi connectivity index (χ4n) is 3.56. The number of para-hydroxylation sites is 1. The van der Waals surface area contributed by atoms with Gasteiger partial charge in [0.1, 0.15) is 11.1 Å². The van der Waals surface area contributed by atoms with Gasteiger partial charge in [0.2, 0.25) is 0 Å². The summed E-state index contributed by atoms with van der Waals surface area (Å²) in [5.74, 6) is 6.42. The van der Waals surface area contributed by atoms with E-state index in [1.165, 1.54) is 4.70 Å². The van der Waals surface area contributed by atoms with Crippen LogP contribution in [0, 0.1) is 11.8 Å². The van der Waals surface area contributed by atoms with E-state index in [2.05, 4.69) is 73.2 Å². The van der Waals surface area contributed by atoms with E-state index in [1.807, 2.05) is 6.07 Å². The van der Waals surface area contributed by atoms with Crippen LogP contribution in [0.5, 0.6) is 0 Å². The fourth-order valence-corrected chi connectivity index (χ4v) is 4.60. The van der Waals surface area contributed by atoms with Crippen LogP contribution in [-0.4, -0.2) is 36.1 Å². The second kappa shape index (κ2) is 8.87. The Bertz CT molecular complexity index is 959. The van der Waals surface area contributed by atoms with Crippen LogP contribution in [-0.2, 0) is 4.74 Å². The highest BCUT2D eigenvalue weighted by Crippen LogP contribution is 2.35. The van der Waals surface area contributed by atoms with Gasteiger partial charge in [0.15, 0.2) is 0 Å². The van der Waals surface area contributed by atoms with E-state index in [0.29, 0.717) is 0 Å². The van der Waals surface area contributed by atoms with E-state index in [4.69, 9.17) is 9.72 Å². The highest BCUT2D eigenvalue weighted by atomic mass is 32.1. The zero-order chi connectivity index (χ0) is 19.3. The molecule has 0 spiro atoms. The van der Waals surface area contributed by atoms with Crippen molar-refractivity contribution >= 4 is 21.6 Å². The normalized spacial score (nSPS) is 16.6. The molecule has 1 saturated heterocycles.